The lowest BCUT2D eigenvalue weighted by molar-refractivity contribution is -0.0517. The first-order chi connectivity index (χ1) is 10.8. The Balaban J connectivity index is 0.000000307. The second kappa shape index (κ2) is 8.54. The maximum absolute atomic E-state index is 10.7. The summed E-state index contributed by atoms with van der Waals surface area (Å²) in [5.74, 6) is 1.28. The molecule has 1 aromatic heterocycles. The van der Waals surface area contributed by atoms with E-state index >= 15 is 0 Å². The van der Waals surface area contributed by atoms with Gasteiger partial charge < -0.3 is 9.29 Å². The van der Waals surface area contributed by atoms with E-state index in [9.17, 15) is 13.2 Å². The van der Waals surface area contributed by atoms with E-state index in [1.807, 2.05) is 11.3 Å². The van der Waals surface area contributed by atoms with Crippen LogP contribution in [0.1, 0.15) is 10.8 Å². The van der Waals surface area contributed by atoms with Crippen LogP contribution in [0.4, 0.5) is 13.2 Å². The molecule has 0 aliphatic carbocycles. The van der Waals surface area contributed by atoms with Gasteiger partial charge in [0.15, 0.2) is 15.4 Å². The molecule has 1 fully saturated rings. The van der Waals surface area contributed by atoms with Crippen LogP contribution >= 0.6 is 11.3 Å². The highest BCUT2D eigenvalue weighted by Crippen LogP contribution is 2.31. The van der Waals surface area contributed by atoms with E-state index in [0.717, 1.165) is 13.2 Å². The molecule has 24 heavy (non-hydrogen) atoms. The third-order valence-electron chi connectivity index (χ3n) is 2.98. The first-order valence-electron chi connectivity index (χ1n) is 7.09. The van der Waals surface area contributed by atoms with E-state index in [-0.39, 0.29) is 0 Å². The van der Waals surface area contributed by atoms with Gasteiger partial charge in [-0.05, 0) is 27.7 Å². The lowest BCUT2D eigenvalue weighted by atomic mass is 10.2. The minimum Gasteiger partial charge on any atom is -0.741 e. The molecule has 1 unspecified atom stereocenters. The van der Waals surface area contributed by atoms with Gasteiger partial charge in [-0.2, -0.15) is 24.5 Å². The van der Waals surface area contributed by atoms with Crippen molar-refractivity contribution in [2.24, 2.45) is 0 Å². The number of halogens is 3. The van der Waals surface area contributed by atoms with Crippen LogP contribution in [0.15, 0.2) is 16.8 Å². The molecule has 0 amide bonds. The van der Waals surface area contributed by atoms with Crippen molar-refractivity contribution in [3.05, 3.63) is 22.4 Å². The van der Waals surface area contributed by atoms with Crippen molar-refractivity contribution in [1.82, 2.24) is 0 Å². The fraction of sp³-hybridized carbons (Fsp3) is 0.692. The highest BCUT2D eigenvalue weighted by Gasteiger charge is 2.39. The van der Waals surface area contributed by atoms with Gasteiger partial charge in [0.05, 0.1) is 18.6 Å². The average molecular weight is 423 g/mol. The maximum Gasteiger partial charge on any atom is 0.485 e. The second-order valence-corrected chi connectivity index (χ2v) is 16.9. The predicted octanol–water partition coefficient (Wildman–Crippen LogP) is 3.37. The number of thiophene rings is 1. The molecule has 1 saturated heterocycles. The topological polar surface area (TPSA) is 66.4 Å². The Hall–Kier alpha value is -0.0731. The van der Waals surface area contributed by atoms with Crippen molar-refractivity contribution in [3.63, 3.8) is 0 Å². The molecule has 0 spiro atoms. The summed E-state index contributed by atoms with van der Waals surface area (Å²) in [4.78, 5) is 0. The molecule has 2 rings (SSSR count). The summed E-state index contributed by atoms with van der Waals surface area (Å²) < 4.78 is 64.6. The minimum absolute atomic E-state index is 0.562. The van der Waals surface area contributed by atoms with Crippen molar-refractivity contribution in [2.75, 3.05) is 24.3 Å². The van der Waals surface area contributed by atoms with Crippen LogP contribution < -0.4 is 0 Å². The van der Waals surface area contributed by atoms with E-state index in [0.29, 0.717) is 16.1 Å². The fourth-order valence-electron chi connectivity index (χ4n) is 2.07. The summed E-state index contributed by atoms with van der Waals surface area (Å²) in [6, 6.07) is 2.29. The smallest absolute Gasteiger partial charge is 0.485 e. The van der Waals surface area contributed by atoms with Crippen molar-refractivity contribution < 1.29 is 30.9 Å². The molecule has 1 aliphatic rings. The van der Waals surface area contributed by atoms with E-state index in [2.05, 4.69) is 36.5 Å². The van der Waals surface area contributed by atoms with Gasteiger partial charge in [0.2, 0.25) is 0 Å². The Morgan fingerprint density at radius 3 is 2.42 bits per heavy atom. The molecule has 0 bridgehead atoms. The predicted molar refractivity (Wildman–Crippen MR) is 94.1 cm³/mol. The monoisotopic (exact) mass is 422 g/mol. The van der Waals surface area contributed by atoms with Gasteiger partial charge in [-0.25, -0.2) is 8.42 Å². The zero-order valence-electron chi connectivity index (χ0n) is 13.6. The zero-order chi connectivity index (χ0) is 18.6. The average Bonchev–Trinajstić information content (AvgIpc) is 2.89. The summed E-state index contributed by atoms with van der Waals surface area (Å²) >= 11 is 1.81. The van der Waals surface area contributed by atoms with Crippen molar-refractivity contribution >= 4 is 40.4 Å². The van der Waals surface area contributed by atoms with Crippen LogP contribution in [-0.2, 0) is 25.7 Å². The van der Waals surface area contributed by atoms with Gasteiger partial charge >= 0.3 is 5.51 Å². The highest BCUT2D eigenvalue weighted by atomic mass is 32.2. The normalized spacial score (nSPS) is 22.6. The van der Waals surface area contributed by atoms with E-state index in [1.165, 1.54) is 16.7 Å². The standard InChI is InChI=1S/C12H21OS2Si.CHF3O3S/c1-16(2,3)10-15-7-5-13-8-12(15)11-4-6-14-9-11;2-1(3,4)8(5,6)7/h4,6,9,12H,5,7-8,10H2,1-3H3;(H,5,6,7)/q+1;/p-1/t12-,15?;/m0./s1. The number of ether oxygens (including phenoxy) is 1. The van der Waals surface area contributed by atoms with Crippen LogP contribution in [0.3, 0.4) is 0 Å². The van der Waals surface area contributed by atoms with Crippen LogP contribution in [0.2, 0.25) is 19.6 Å². The molecule has 4 nitrogen and oxygen atoms in total. The molecule has 11 heteroatoms. The highest BCUT2D eigenvalue weighted by molar-refractivity contribution is 7.98. The van der Waals surface area contributed by atoms with Crippen molar-refractivity contribution in [1.29, 1.82) is 0 Å². The Bertz CT molecular complexity index is 597. The Labute approximate surface area is 148 Å². The van der Waals surface area contributed by atoms with Gasteiger partial charge in [0.1, 0.15) is 13.8 Å². The van der Waals surface area contributed by atoms with Gasteiger partial charge in [0, 0.05) is 5.56 Å². The summed E-state index contributed by atoms with van der Waals surface area (Å²) in [6.45, 7) is 9.39. The first-order valence-corrected chi connectivity index (χ1v) is 14.8. The zero-order valence-corrected chi connectivity index (χ0v) is 17.1. The molecule has 0 aromatic carbocycles. The van der Waals surface area contributed by atoms with Gasteiger partial charge in [0.25, 0.3) is 0 Å². The van der Waals surface area contributed by atoms with Crippen LogP contribution in [0.25, 0.3) is 0 Å². The van der Waals surface area contributed by atoms with Crippen molar-refractivity contribution in [2.45, 2.75) is 30.4 Å². The summed E-state index contributed by atoms with van der Waals surface area (Å²) in [6.07, 6.45) is 0. The van der Waals surface area contributed by atoms with Gasteiger partial charge in [-0.3, -0.25) is 0 Å². The molecular weight excluding hydrogens is 401 g/mol. The summed E-state index contributed by atoms with van der Waals surface area (Å²) in [7, 11) is -6.47. The largest absolute Gasteiger partial charge is 0.741 e. The van der Waals surface area contributed by atoms with Crippen LogP contribution in [0, 0.1) is 0 Å². The molecule has 1 aliphatic heterocycles. The molecular formula is C13H21F3O4S3Si. The molecule has 0 radical (unpaired) electrons. The molecule has 1 aromatic rings. The van der Waals surface area contributed by atoms with Crippen LogP contribution in [-0.4, -0.2) is 50.9 Å². The third kappa shape index (κ3) is 7.44. The fourth-order valence-corrected chi connectivity index (χ4v) is 10.1. The number of alkyl halides is 3. The van der Waals surface area contributed by atoms with E-state index < -0.39 is 23.7 Å². The number of hydrogen-bond donors (Lipinski definition) is 0. The van der Waals surface area contributed by atoms with Gasteiger partial charge in [-0.15, -0.1) is 0 Å². The second-order valence-electron chi connectivity index (χ2n) is 6.47. The van der Waals surface area contributed by atoms with Crippen LogP contribution in [0.5, 0.6) is 0 Å². The first kappa shape index (κ1) is 22.0. The maximum atomic E-state index is 10.7. The molecule has 2 heterocycles. The molecule has 2 atom stereocenters. The summed E-state index contributed by atoms with van der Waals surface area (Å²) in [5.41, 5.74) is -4.13. The SMILES string of the molecule is C[Si](C)(C)C[S+]1CCOC[C@H]1c1ccsc1.O=S(=O)([O-])C(F)(F)F. The Morgan fingerprint density at radius 2 is 2.00 bits per heavy atom. The lowest BCUT2D eigenvalue weighted by Crippen LogP contribution is -2.40. The van der Waals surface area contributed by atoms with E-state index in [4.69, 9.17) is 17.7 Å². The molecule has 140 valence electrons. The Morgan fingerprint density at radius 1 is 1.42 bits per heavy atom. The lowest BCUT2D eigenvalue weighted by Gasteiger charge is -2.27. The van der Waals surface area contributed by atoms with Crippen molar-refractivity contribution in [3.8, 4) is 0 Å². The summed E-state index contributed by atoms with van der Waals surface area (Å²) in [5, 5.41) is 6.66. The molecule has 0 N–H and O–H groups in total. The Kier molecular flexibility index (Phi) is 7.82. The van der Waals surface area contributed by atoms with E-state index in [1.54, 1.807) is 0 Å². The number of hydrogen-bond acceptors (Lipinski definition) is 5. The minimum atomic E-state index is -6.09. The van der Waals surface area contributed by atoms with Gasteiger partial charge in [-0.1, -0.05) is 19.6 Å². The molecule has 0 saturated carbocycles. The number of rotatable bonds is 3. The third-order valence-corrected chi connectivity index (χ3v) is 11.1. The quantitative estimate of drug-likeness (QED) is 0.324.